The van der Waals surface area contributed by atoms with Crippen LogP contribution in [0.1, 0.15) is 41.5 Å². The van der Waals surface area contributed by atoms with Gasteiger partial charge in [-0.1, -0.05) is 41.5 Å². The standard InChI is InChI=1S/C13H23I2NSi/c1-9(2)17(10(3)4,11(5)6)16-7-12(14)13(15)8-16/h7-11H,1-6H3. The van der Waals surface area contributed by atoms with Gasteiger partial charge in [0.1, 0.15) is 0 Å². The molecule has 0 aliphatic heterocycles. The third-order valence-electron chi connectivity index (χ3n) is 3.95. The van der Waals surface area contributed by atoms with E-state index in [0.717, 1.165) is 16.6 Å². The van der Waals surface area contributed by atoms with E-state index in [-0.39, 0.29) is 0 Å². The van der Waals surface area contributed by atoms with E-state index in [2.05, 4.69) is 103 Å². The van der Waals surface area contributed by atoms with E-state index >= 15 is 0 Å². The largest absolute Gasteiger partial charge is 0.378 e. The van der Waals surface area contributed by atoms with Crippen LogP contribution in [0.4, 0.5) is 0 Å². The van der Waals surface area contributed by atoms with Crippen molar-refractivity contribution in [3.63, 3.8) is 0 Å². The highest BCUT2D eigenvalue weighted by Crippen LogP contribution is 2.43. The number of rotatable bonds is 4. The fourth-order valence-corrected chi connectivity index (χ4v) is 11.4. The Kier molecular flexibility index (Phi) is 5.60. The highest BCUT2D eigenvalue weighted by Gasteiger charge is 2.45. The van der Waals surface area contributed by atoms with Gasteiger partial charge in [0, 0.05) is 19.5 Å². The molecule has 0 unspecified atom stereocenters. The normalized spacial score (nSPS) is 13.1. The predicted molar refractivity (Wildman–Crippen MR) is 96.3 cm³/mol. The van der Waals surface area contributed by atoms with Crippen LogP contribution in [-0.4, -0.2) is 12.5 Å². The highest BCUT2D eigenvalue weighted by atomic mass is 127. The molecule has 17 heavy (non-hydrogen) atoms. The van der Waals surface area contributed by atoms with E-state index in [0.29, 0.717) is 0 Å². The molecule has 0 fully saturated rings. The first-order chi connectivity index (χ1) is 7.74. The Morgan fingerprint density at radius 1 is 0.824 bits per heavy atom. The molecule has 0 amide bonds. The van der Waals surface area contributed by atoms with Crippen molar-refractivity contribution in [1.29, 1.82) is 0 Å². The molecule has 1 rings (SSSR count). The second kappa shape index (κ2) is 5.94. The van der Waals surface area contributed by atoms with Gasteiger partial charge in [0.25, 0.3) is 0 Å². The lowest BCUT2D eigenvalue weighted by atomic mass is 10.5. The Labute approximate surface area is 134 Å². The predicted octanol–water partition coefficient (Wildman–Crippen LogP) is 5.72. The summed E-state index contributed by atoms with van der Waals surface area (Å²) in [4.78, 5) is 0. The Morgan fingerprint density at radius 3 is 1.35 bits per heavy atom. The van der Waals surface area contributed by atoms with Crippen LogP contribution in [0.3, 0.4) is 0 Å². The van der Waals surface area contributed by atoms with Gasteiger partial charge in [0.05, 0.1) is 0 Å². The van der Waals surface area contributed by atoms with Crippen LogP contribution in [0.15, 0.2) is 12.4 Å². The zero-order valence-corrected chi connectivity index (χ0v) is 16.9. The molecule has 98 valence electrons. The first-order valence-electron chi connectivity index (χ1n) is 6.28. The van der Waals surface area contributed by atoms with Gasteiger partial charge in [-0.3, -0.25) is 0 Å². The Morgan fingerprint density at radius 2 is 1.12 bits per heavy atom. The molecule has 0 N–H and O–H groups in total. The maximum Gasteiger partial charge on any atom is 0.168 e. The molecule has 0 atom stereocenters. The van der Waals surface area contributed by atoms with Crippen LogP contribution in [0.25, 0.3) is 0 Å². The quantitative estimate of drug-likeness (QED) is 0.388. The van der Waals surface area contributed by atoms with Crippen LogP contribution >= 0.6 is 45.2 Å². The van der Waals surface area contributed by atoms with Gasteiger partial charge in [-0.05, 0) is 61.8 Å². The monoisotopic (exact) mass is 475 g/mol. The molecule has 1 heterocycles. The molecule has 0 aromatic carbocycles. The average molecular weight is 475 g/mol. The minimum absolute atomic E-state index is 0.765. The molecular formula is C13H23I2NSi. The zero-order valence-electron chi connectivity index (χ0n) is 11.6. The molecule has 1 aromatic heterocycles. The molecule has 0 spiro atoms. The minimum atomic E-state index is -1.51. The van der Waals surface area contributed by atoms with E-state index < -0.39 is 8.24 Å². The summed E-state index contributed by atoms with van der Waals surface area (Å²) in [5, 5.41) is 0. The number of hydrogen-bond acceptors (Lipinski definition) is 0. The SMILES string of the molecule is CC(C)[Si](C(C)C)(C(C)C)n1cc(I)c(I)c1. The van der Waals surface area contributed by atoms with Gasteiger partial charge in [0.15, 0.2) is 8.24 Å². The van der Waals surface area contributed by atoms with Crippen molar-refractivity contribution in [2.45, 2.75) is 58.2 Å². The van der Waals surface area contributed by atoms with Crippen molar-refractivity contribution >= 4 is 53.4 Å². The molecule has 0 radical (unpaired) electrons. The molecule has 0 aliphatic carbocycles. The molecule has 1 aromatic rings. The lowest BCUT2D eigenvalue weighted by molar-refractivity contribution is 0.765. The molecule has 0 saturated heterocycles. The Bertz CT molecular complexity index is 341. The van der Waals surface area contributed by atoms with Gasteiger partial charge in [-0.2, -0.15) is 0 Å². The maximum atomic E-state index is 2.61. The Balaban J connectivity index is 3.41. The Hall–Kier alpha value is 0.957. The summed E-state index contributed by atoms with van der Waals surface area (Å²) in [5.74, 6) is 0. The fourth-order valence-electron chi connectivity index (χ4n) is 3.52. The van der Waals surface area contributed by atoms with Crippen LogP contribution in [0.5, 0.6) is 0 Å². The smallest absolute Gasteiger partial charge is 0.168 e. The summed E-state index contributed by atoms with van der Waals surface area (Å²) in [5.41, 5.74) is 2.30. The maximum absolute atomic E-state index is 2.61. The van der Waals surface area contributed by atoms with Gasteiger partial charge in [-0.15, -0.1) is 0 Å². The van der Waals surface area contributed by atoms with Crippen molar-refractivity contribution < 1.29 is 0 Å². The summed E-state index contributed by atoms with van der Waals surface area (Å²) < 4.78 is 5.39. The third kappa shape index (κ3) is 2.78. The molecule has 1 nitrogen and oxygen atoms in total. The number of halogens is 2. The van der Waals surface area contributed by atoms with Gasteiger partial charge in [-0.25, -0.2) is 0 Å². The lowest BCUT2D eigenvalue weighted by Gasteiger charge is -2.44. The van der Waals surface area contributed by atoms with Crippen molar-refractivity contribution in [1.82, 2.24) is 4.23 Å². The average Bonchev–Trinajstić information content (AvgIpc) is 2.45. The summed E-state index contributed by atoms with van der Waals surface area (Å²) >= 11 is 4.90. The molecule has 4 heteroatoms. The number of hydrogen-bond donors (Lipinski definition) is 0. The van der Waals surface area contributed by atoms with Crippen LogP contribution < -0.4 is 0 Å². The first-order valence-corrected chi connectivity index (χ1v) is 10.6. The van der Waals surface area contributed by atoms with Gasteiger partial charge in [0.2, 0.25) is 0 Å². The number of aromatic nitrogens is 1. The summed E-state index contributed by atoms with van der Waals surface area (Å²) in [6.07, 6.45) is 4.74. The van der Waals surface area contributed by atoms with Crippen molar-refractivity contribution in [3.05, 3.63) is 19.5 Å². The lowest BCUT2D eigenvalue weighted by Crippen LogP contribution is -2.51. The van der Waals surface area contributed by atoms with E-state index in [1.165, 1.54) is 7.14 Å². The molecule has 0 aliphatic rings. The summed E-state index contributed by atoms with van der Waals surface area (Å²) in [6, 6.07) is 0. The topological polar surface area (TPSA) is 4.93 Å². The first kappa shape index (κ1) is 16.0. The van der Waals surface area contributed by atoms with E-state index in [1.807, 2.05) is 0 Å². The van der Waals surface area contributed by atoms with E-state index in [4.69, 9.17) is 0 Å². The second-order valence-electron chi connectivity index (χ2n) is 5.71. The molecule has 0 bridgehead atoms. The molecular weight excluding hydrogens is 452 g/mol. The zero-order chi connectivity index (χ0) is 13.4. The highest BCUT2D eigenvalue weighted by molar-refractivity contribution is 14.1. The van der Waals surface area contributed by atoms with Crippen molar-refractivity contribution in [3.8, 4) is 0 Å². The van der Waals surface area contributed by atoms with E-state index in [1.54, 1.807) is 0 Å². The van der Waals surface area contributed by atoms with Gasteiger partial charge >= 0.3 is 0 Å². The fraction of sp³-hybridized carbons (Fsp3) is 0.692. The van der Waals surface area contributed by atoms with Crippen LogP contribution in [0.2, 0.25) is 16.6 Å². The van der Waals surface area contributed by atoms with Crippen LogP contribution in [0, 0.1) is 7.14 Å². The van der Waals surface area contributed by atoms with Crippen molar-refractivity contribution in [2.24, 2.45) is 0 Å². The summed E-state index contributed by atoms with van der Waals surface area (Å²) in [6.45, 7) is 14.5. The minimum Gasteiger partial charge on any atom is -0.378 e. The summed E-state index contributed by atoms with van der Waals surface area (Å²) in [7, 11) is -1.51. The third-order valence-corrected chi connectivity index (χ3v) is 13.4. The van der Waals surface area contributed by atoms with Crippen molar-refractivity contribution in [2.75, 3.05) is 0 Å². The van der Waals surface area contributed by atoms with Crippen LogP contribution in [-0.2, 0) is 0 Å². The van der Waals surface area contributed by atoms with Gasteiger partial charge < -0.3 is 4.23 Å². The second-order valence-corrected chi connectivity index (χ2v) is 13.8. The molecule has 0 saturated carbocycles. The number of nitrogens with zero attached hydrogens (tertiary/aromatic N) is 1. The van der Waals surface area contributed by atoms with E-state index in [9.17, 15) is 0 Å².